The van der Waals surface area contributed by atoms with Crippen molar-refractivity contribution in [2.75, 3.05) is 14.2 Å². The Hall–Kier alpha value is -4.32. The third-order valence-electron chi connectivity index (χ3n) is 6.15. The molecule has 0 aliphatic rings. The first kappa shape index (κ1) is 24.8. The zero-order valence-corrected chi connectivity index (χ0v) is 20.9. The minimum atomic E-state index is -0.479. The number of hydrogen-bond acceptors (Lipinski definition) is 5. The summed E-state index contributed by atoms with van der Waals surface area (Å²) in [6.07, 6.45) is 3.84. The summed E-state index contributed by atoms with van der Waals surface area (Å²) in [4.78, 5) is 24.9. The molecule has 0 bridgehead atoms. The lowest BCUT2D eigenvalue weighted by Gasteiger charge is -2.12. The third kappa shape index (κ3) is 5.33. The second-order valence-electron chi connectivity index (χ2n) is 8.45. The van der Waals surface area contributed by atoms with E-state index in [2.05, 4.69) is 4.57 Å². The smallest absolute Gasteiger partial charge is 0.336 e. The fourth-order valence-electron chi connectivity index (χ4n) is 4.41. The van der Waals surface area contributed by atoms with Crippen molar-refractivity contribution in [2.24, 2.45) is 0 Å². The van der Waals surface area contributed by atoms with E-state index >= 15 is 0 Å². The third-order valence-corrected chi connectivity index (χ3v) is 6.15. The number of methoxy groups -OCH3 is 2. The number of esters is 1. The fourth-order valence-corrected chi connectivity index (χ4v) is 4.41. The normalized spacial score (nSPS) is 11.1. The Morgan fingerprint density at radius 1 is 0.917 bits per heavy atom. The maximum absolute atomic E-state index is 12.6. The summed E-state index contributed by atoms with van der Waals surface area (Å²) < 4.78 is 18.4. The average molecular weight is 484 g/mol. The summed E-state index contributed by atoms with van der Waals surface area (Å²) >= 11 is 0. The quantitative estimate of drug-likeness (QED) is 0.126. The second kappa shape index (κ2) is 11.0. The van der Waals surface area contributed by atoms with Gasteiger partial charge in [-0.3, -0.25) is 4.79 Å². The van der Waals surface area contributed by atoms with E-state index in [1.54, 1.807) is 39.4 Å². The molecule has 3 aromatic carbocycles. The molecule has 0 N–H and O–H groups in total. The van der Waals surface area contributed by atoms with Crippen molar-refractivity contribution in [1.29, 1.82) is 0 Å². The summed E-state index contributed by atoms with van der Waals surface area (Å²) in [5, 5.41) is 0.768. The first-order valence-corrected chi connectivity index (χ1v) is 11.7. The van der Waals surface area contributed by atoms with Crippen LogP contribution in [0.25, 0.3) is 17.0 Å². The van der Waals surface area contributed by atoms with Gasteiger partial charge in [0.05, 0.1) is 14.2 Å². The van der Waals surface area contributed by atoms with E-state index in [0.717, 1.165) is 34.1 Å². The van der Waals surface area contributed by atoms with E-state index in [1.807, 2.05) is 61.5 Å². The van der Waals surface area contributed by atoms with Crippen LogP contribution in [0.2, 0.25) is 0 Å². The van der Waals surface area contributed by atoms with Crippen LogP contribution in [0.3, 0.4) is 0 Å². The predicted molar refractivity (Wildman–Crippen MR) is 141 cm³/mol. The molecule has 0 radical (unpaired) electrons. The van der Waals surface area contributed by atoms with E-state index in [9.17, 15) is 9.59 Å². The van der Waals surface area contributed by atoms with Crippen LogP contribution in [0.5, 0.6) is 17.2 Å². The molecule has 6 nitrogen and oxygen atoms in total. The average Bonchev–Trinajstić information content (AvgIpc) is 3.17. The zero-order valence-electron chi connectivity index (χ0n) is 20.9. The van der Waals surface area contributed by atoms with Crippen LogP contribution in [0.4, 0.5) is 0 Å². The van der Waals surface area contributed by atoms with Gasteiger partial charge in [-0.1, -0.05) is 36.4 Å². The summed E-state index contributed by atoms with van der Waals surface area (Å²) in [6.45, 7) is 4.17. The Labute approximate surface area is 210 Å². The van der Waals surface area contributed by atoms with Crippen LogP contribution in [-0.2, 0) is 17.8 Å². The number of ether oxygens (including phenoxy) is 3. The van der Waals surface area contributed by atoms with Gasteiger partial charge in [0, 0.05) is 34.8 Å². The molecule has 0 atom stereocenters. The van der Waals surface area contributed by atoms with Gasteiger partial charge in [0.1, 0.15) is 5.75 Å². The van der Waals surface area contributed by atoms with Crippen molar-refractivity contribution in [3.05, 3.63) is 95.2 Å². The lowest BCUT2D eigenvalue weighted by Crippen LogP contribution is -2.05. The van der Waals surface area contributed by atoms with Gasteiger partial charge in [-0.2, -0.15) is 0 Å². The highest BCUT2D eigenvalue weighted by atomic mass is 16.5. The van der Waals surface area contributed by atoms with E-state index in [0.29, 0.717) is 29.4 Å². The standard InChI is InChI=1S/C30H29NO5/c1-20-30(21(2)32)25-19-24(36-29(33)15-11-22-8-6-5-7-9-22)12-13-26(25)31(20)17-16-23-10-14-27(34-3)28(18-23)35-4/h5-15,18-19H,16-17H2,1-4H3. The highest BCUT2D eigenvalue weighted by Gasteiger charge is 2.18. The lowest BCUT2D eigenvalue weighted by molar-refractivity contribution is -0.128. The van der Waals surface area contributed by atoms with Crippen LogP contribution in [0, 0.1) is 6.92 Å². The molecule has 0 spiro atoms. The topological polar surface area (TPSA) is 66.8 Å². The Morgan fingerprint density at radius 3 is 2.36 bits per heavy atom. The van der Waals surface area contributed by atoms with E-state index in [-0.39, 0.29) is 5.78 Å². The largest absolute Gasteiger partial charge is 0.493 e. The monoisotopic (exact) mass is 483 g/mol. The Kier molecular flexibility index (Phi) is 7.54. The maximum atomic E-state index is 12.6. The minimum Gasteiger partial charge on any atom is -0.493 e. The first-order valence-electron chi connectivity index (χ1n) is 11.7. The van der Waals surface area contributed by atoms with Crippen LogP contribution in [-0.4, -0.2) is 30.5 Å². The van der Waals surface area contributed by atoms with Gasteiger partial charge in [0.2, 0.25) is 0 Å². The van der Waals surface area contributed by atoms with E-state index in [1.165, 1.54) is 6.08 Å². The molecule has 0 aliphatic carbocycles. The van der Waals surface area contributed by atoms with Crippen molar-refractivity contribution < 1.29 is 23.8 Å². The maximum Gasteiger partial charge on any atom is 0.336 e. The second-order valence-corrected chi connectivity index (χ2v) is 8.45. The number of Topliss-reactive ketones (excluding diaryl/α,β-unsaturated/α-hetero) is 1. The number of aromatic nitrogens is 1. The van der Waals surface area contributed by atoms with Gasteiger partial charge in [0.15, 0.2) is 17.3 Å². The summed E-state index contributed by atoms with van der Waals surface area (Å²) in [6, 6.07) is 20.8. The first-order chi connectivity index (χ1) is 17.4. The van der Waals surface area contributed by atoms with Crippen molar-refractivity contribution in [1.82, 2.24) is 4.57 Å². The van der Waals surface area contributed by atoms with Crippen molar-refractivity contribution in [3.63, 3.8) is 0 Å². The van der Waals surface area contributed by atoms with Crippen molar-refractivity contribution in [2.45, 2.75) is 26.8 Å². The number of carbonyl (C=O) groups is 2. The SMILES string of the molecule is COc1ccc(CCn2c(C)c(C(C)=O)c3cc(OC(=O)C=Cc4ccccc4)ccc32)cc1OC. The number of nitrogens with zero attached hydrogens (tertiary/aromatic N) is 1. The fraction of sp³-hybridized carbons (Fsp3) is 0.200. The molecule has 1 aromatic heterocycles. The minimum absolute atomic E-state index is 0.0326. The van der Waals surface area contributed by atoms with Gasteiger partial charge in [-0.05, 0) is 67.8 Å². The highest BCUT2D eigenvalue weighted by Crippen LogP contribution is 2.31. The number of fused-ring (bicyclic) bond motifs is 1. The Bertz CT molecular complexity index is 1430. The molecular formula is C30H29NO5. The summed E-state index contributed by atoms with van der Waals surface area (Å²) in [5.74, 6) is 1.25. The number of rotatable bonds is 9. The lowest BCUT2D eigenvalue weighted by atomic mass is 10.1. The summed E-state index contributed by atoms with van der Waals surface area (Å²) in [5.41, 5.74) is 4.43. The van der Waals surface area contributed by atoms with Crippen molar-refractivity contribution >= 4 is 28.7 Å². The predicted octanol–water partition coefficient (Wildman–Crippen LogP) is 6.03. The molecule has 1 heterocycles. The molecule has 0 saturated heterocycles. The number of benzene rings is 3. The number of ketones is 1. The van der Waals surface area contributed by atoms with Gasteiger partial charge < -0.3 is 18.8 Å². The molecular weight excluding hydrogens is 454 g/mol. The molecule has 0 amide bonds. The van der Waals surface area contributed by atoms with Gasteiger partial charge in [-0.25, -0.2) is 4.79 Å². The van der Waals surface area contributed by atoms with Crippen LogP contribution < -0.4 is 14.2 Å². The molecule has 4 rings (SSSR count). The number of carbonyl (C=O) groups excluding carboxylic acids is 2. The van der Waals surface area contributed by atoms with Gasteiger partial charge >= 0.3 is 5.97 Å². The highest BCUT2D eigenvalue weighted by molar-refractivity contribution is 6.09. The molecule has 0 saturated carbocycles. The molecule has 36 heavy (non-hydrogen) atoms. The molecule has 4 aromatic rings. The van der Waals surface area contributed by atoms with Gasteiger partial charge in [0.25, 0.3) is 0 Å². The molecule has 184 valence electrons. The van der Waals surface area contributed by atoms with Crippen LogP contribution in [0.1, 0.15) is 34.1 Å². The van der Waals surface area contributed by atoms with Gasteiger partial charge in [-0.15, -0.1) is 0 Å². The number of hydrogen-bond donors (Lipinski definition) is 0. The van der Waals surface area contributed by atoms with E-state index in [4.69, 9.17) is 14.2 Å². The Morgan fingerprint density at radius 2 is 1.67 bits per heavy atom. The van der Waals surface area contributed by atoms with Crippen LogP contribution >= 0.6 is 0 Å². The molecule has 0 fully saturated rings. The van der Waals surface area contributed by atoms with Crippen LogP contribution in [0.15, 0.2) is 72.8 Å². The molecule has 0 unspecified atom stereocenters. The van der Waals surface area contributed by atoms with E-state index < -0.39 is 5.97 Å². The number of aryl methyl sites for hydroxylation is 2. The Balaban J connectivity index is 1.59. The zero-order chi connectivity index (χ0) is 25.7. The molecule has 6 heteroatoms. The summed E-state index contributed by atoms with van der Waals surface area (Å²) in [7, 11) is 3.23. The van der Waals surface area contributed by atoms with Crippen molar-refractivity contribution in [3.8, 4) is 17.2 Å². The molecule has 0 aliphatic heterocycles.